The molecule has 0 spiro atoms. The highest BCUT2D eigenvalue weighted by Gasteiger charge is 2.22. The molecule has 3 amide bonds. The van der Waals surface area contributed by atoms with Crippen LogP contribution in [0.3, 0.4) is 0 Å². The Labute approximate surface area is 203 Å². The summed E-state index contributed by atoms with van der Waals surface area (Å²) >= 11 is 6.14. The Bertz CT molecular complexity index is 1190. The van der Waals surface area contributed by atoms with Crippen LogP contribution in [-0.4, -0.2) is 42.3 Å². The van der Waals surface area contributed by atoms with Crippen LogP contribution in [0.5, 0.6) is 0 Å². The molecule has 1 aliphatic heterocycles. The fourth-order valence-corrected chi connectivity index (χ4v) is 3.99. The fourth-order valence-electron chi connectivity index (χ4n) is 3.82. The Morgan fingerprint density at radius 3 is 2.26 bits per heavy atom. The molecule has 4 rings (SSSR count). The van der Waals surface area contributed by atoms with Crippen LogP contribution in [0, 0.1) is 0 Å². The van der Waals surface area contributed by atoms with Gasteiger partial charge < -0.3 is 20.9 Å². The van der Waals surface area contributed by atoms with Crippen LogP contribution in [0.4, 0.5) is 17.1 Å². The molecule has 7 nitrogen and oxygen atoms in total. The van der Waals surface area contributed by atoms with Gasteiger partial charge in [-0.1, -0.05) is 41.9 Å². The Hall–Kier alpha value is -3.84. The summed E-state index contributed by atoms with van der Waals surface area (Å²) in [6.45, 7) is 1.35. The number of nitrogens with one attached hydrogen (secondary N) is 3. The van der Waals surface area contributed by atoms with Crippen molar-refractivity contribution in [2.24, 2.45) is 0 Å². The molecule has 0 saturated carbocycles. The quantitative estimate of drug-likeness (QED) is 0.453. The molecule has 1 saturated heterocycles. The molecule has 34 heavy (non-hydrogen) atoms. The number of nitrogens with zero attached hydrogens (tertiary/aromatic N) is 1. The topological polar surface area (TPSA) is 90.5 Å². The molecular weight excluding hydrogens is 452 g/mol. The van der Waals surface area contributed by atoms with Crippen molar-refractivity contribution >= 4 is 46.4 Å². The van der Waals surface area contributed by atoms with Gasteiger partial charge in [0.2, 0.25) is 5.91 Å². The minimum Gasteiger partial charge on any atom is -0.375 e. The minimum atomic E-state index is -0.362. The second kappa shape index (κ2) is 10.9. The predicted octanol–water partition coefficient (Wildman–Crippen LogP) is 4.88. The summed E-state index contributed by atoms with van der Waals surface area (Å²) < 4.78 is 0. The maximum atomic E-state index is 12.9. The van der Waals surface area contributed by atoms with E-state index < -0.39 is 0 Å². The molecule has 8 heteroatoms. The lowest BCUT2D eigenvalue weighted by molar-refractivity contribution is -0.114. The minimum absolute atomic E-state index is 0.0833. The molecule has 0 aliphatic carbocycles. The summed E-state index contributed by atoms with van der Waals surface area (Å²) in [6, 6.07) is 20.8. The average Bonchev–Trinajstić information content (AvgIpc) is 3.38. The third-order valence-electron chi connectivity index (χ3n) is 5.52. The lowest BCUT2D eigenvalue weighted by Crippen LogP contribution is -2.29. The van der Waals surface area contributed by atoms with Crippen molar-refractivity contribution in [1.29, 1.82) is 0 Å². The molecular formula is C26H25ClN4O3. The number of rotatable bonds is 7. The Morgan fingerprint density at radius 1 is 0.794 bits per heavy atom. The third-order valence-corrected chi connectivity index (χ3v) is 5.76. The van der Waals surface area contributed by atoms with Crippen LogP contribution in [0.1, 0.15) is 33.6 Å². The summed E-state index contributed by atoms with van der Waals surface area (Å²) in [5.41, 5.74) is 2.36. The molecule has 3 aromatic rings. The van der Waals surface area contributed by atoms with Gasteiger partial charge in [0, 0.05) is 29.5 Å². The highest BCUT2D eigenvalue weighted by atomic mass is 35.5. The number of amides is 3. The zero-order valence-corrected chi connectivity index (χ0v) is 19.3. The third kappa shape index (κ3) is 5.74. The molecule has 0 radical (unpaired) electrons. The first-order chi connectivity index (χ1) is 16.5. The summed E-state index contributed by atoms with van der Waals surface area (Å²) in [6.07, 6.45) is 1.98. The highest BCUT2D eigenvalue weighted by molar-refractivity contribution is 6.31. The fraction of sp³-hybridized carbons (Fsp3) is 0.192. The van der Waals surface area contributed by atoms with E-state index in [1.807, 2.05) is 18.2 Å². The van der Waals surface area contributed by atoms with Crippen LogP contribution >= 0.6 is 11.6 Å². The van der Waals surface area contributed by atoms with Gasteiger partial charge in [-0.3, -0.25) is 14.4 Å². The van der Waals surface area contributed by atoms with E-state index in [-0.39, 0.29) is 24.3 Å². The van der Waals surface area contributed by atoms with Gasteiger partial charge in [0.1, 0.15) is 0 Å². The number of para-hydroxylation sites is 2. The highest BCUT2D eigenvalue weighted by Crippen LogP contribution is 2.24. The Balaban J connectivity index is 1.43. The zero-order chi connectivity index (χ0) is 23.9. The van der Waals surface area contributed by atoms with E-state index in [0.29, 0.717) is 33.2 Å². The molecule has 174 valence electrons. The normalized spacial score (nSPS) is 12.8. The van der Waals surface area contributed by atoms with E-state index in [0.717, 1.165) is 25.9 Å². The van der Waals surface area contributed by atoms with Crippen molar-refractivity contribution < 1.29 is 14.4 Å². The summed E-state index contributed by atoms with van der Waals surface area (Å²) in [5, 5.41) is 9.08. The van der Waals surface area contributed by atoms with E-state index in [1.54, 1.807) is 59.5 Å². The van der Waals surface area contributed by atoms with Gasteiger partial charge in [0.25, 0.3) is 11.8 Å². The van der Waals surface area contributed by atoms with E-state index >= 15 is 0 Å². The van der Waals surface area contributed by atoms with Crippen molar-refractivity contribution in [3.63, 3.8) is 0 Å². The van der Waals surface area contributed by atoms with Crippen LogP contribution in [0.2, 0.25) is 5.02 Å². The largest absolute Gasteiger partial charge is 0.375 e. The van der Waals surface area contributed by atoms with Crippen molar-refractivity contribution in [3.8, 4) is 0 Å². The van der Waals surface area contributed by atoms with Gasteiger partial charge in [-0.2, -0.15) is 0 Å². The molecule has 1 aliphatic rings. The smallest absolute Gasteiger partial charge is 0.257 e. The number of anilines is 3. The first kappa shape index (κ1) is 23.3. The SMILES string of the molecule is O=C(CNc1cc(Cl)ccc1C(=O)N1CCCC1)Nc1ccccc1C(=O)Nc1ccccc1. The maximum absolute atomic E-state index is 12.9. The first-order valence-corrected chi connectivity index (χ1v) is 11.5. The van der Waals surface area contributed by atoms with Crippen LogP contribution in [-0.2, 0) is 4.79 Å². The number of halogens is 1. The monoisotopic (exact) mass is 476 g/mol. The summed E-state index contributed by atoms with van der Waals surface area (Å²) in [5.74, 6) is -0.775. The number of carbonyl (C=O) groups excluding carboxylic acids is 3. The van der Waals surface area contributed by atoms with E-state index in [2.05, 4.69) is 16.0 Å². The predicted molar refractivity (Wildman–Crippen MR) is 135 cm³/mol. The van der Waals surface area contributed by atoms with Gasteiger partial charge in [-0.25, -0.2) is 0 Å². The van der Waals surface area contributed by atoms with E-state index in [1.165, 1.54) is 0 Å². The lowest BCUT2D eigenvalue weighted by atomic mass is 10.1. The number of hydrogen-bond donors (Lipinski definition) is 3. The molecule has 0 aromatic heterocycles. The van der Waals surface area contributed by atoms with Gasteiger partial charge >= 0.3 is 0 Å². The van der Waals surface area contributed by atoms with Gasteiger partial charge in [-0.05, 0) is 55.3 Å². The van der Waals surface area contributed by atoms with Gasteiger partial charge in [-0.15, -0.1) is 0 Å². The molecule has 0 atom stereocenters. The maximum Gasteiger partial charge on any atom is 0.257 e. The molecule has 1 fully saturated rings. The second-order valence-electron chi connectivity index (χ2n) is 7.96. The van der Waals surface area contributed by atoms with Crippen molar-refractivity contribution in [2.45, 2.75) is 12.8 Å². The number of benzene rings is 3. The Morgan fingerprint density at radius 2 is 1.50 bits per heavy atom. The summed E-state index contributed by atoms with van der Waals surface area (Å²) in [4.78, 5) is 40.1. The molecule has 3 aromatic carbocycles. The molecule has 0 bridgehead atoms. The summed E-state index contributed by atoms with van der Waals surface area (Å²) in [7, 11) is 0. The van der Waals surface area contributed by atoms with Crippen molar-refractivity contribution in [2.75, 3.05) is 35.6 Å². The van der Waals surface area contributed by atoms with Crippen molar-refractivity contribution in [1.82, 2.24) is 4.90 Å². The Kier molecular flexibility index (Phi) is 7.44. The number of likely N-dealkylation sites (tertiary alicyclic amines) is 1. The number of carbonyl (C=O) groups is 3. The molecule has 1 heterocycles. The van der Waals surface area contributed by atoms with Crippen LogP contribution in [0.15, 0.2) is 72.8 Å². The average molecular weight is 477 g/mol. The first-order valence-electron chi connectivity index (χ1n) is 11.1. The van der Waals surface area contributed by atoms with Gasteiger partial charge in [0.05, 0.1) is 23.4 Å². The molecule has 0 unspecified atom stereocenters. The van der Waals surface area contributed by atoms with Crippen LogP contribution < -0.4 is 16.0 Å². The second-order valence-corrected chi connectivity index (χ2v) is 8.39. The standard InChI is InChI=1S/C26H25ClN4O3/c27-18-12-13-21(26(34)31-14-6-7-15-31)23(16-18)28-17-24(32)30-22-11-5-4-10-20(22)25(33)29-19-8-2-1-3-9-19/h1-5,8-13,16,28H,6-7,14-15,17H2,(H,29,33)(H,30,32). The zero-order valence-electron chi connectivity index (χ0n) is 18.5. The number of hydrogen-bond acceptors (Lipinski definition) is 4. The van der Waals surface area contributed by atoms with Crippen molar-refractivity contribution in [3.05, 3.63) is 88.9 Å². The van der Waals surface area contributed by atoms with E-state index in [9.17, 15) is 14.4 Å². The van der Waals surface area contributed by atoms with Gasteiger partial charge in [0.15, 0.2) is 0 Å². The lowest BCUT2D eigenvalue weighted by Gasteiger charge is -2.18. The molecule has 3 N–H and O–H groups in total. The van der Waals surface area contributed by atoms with Crippen LogP contribution in [0.25, 0.3) is 0 Å². The van der Waals surface area contributed by atoms with E-state index in [4.69, 9.17) is 11.6 Å².